The van der Waals surface area contributed by atoms with Crippen LogP contribution < -0.4 is 5.32 Å². The zero-order valence-electron chi connectivity index (χ0n) is 17.0. The molecule has 1 aromatic carbocycles. The minimum absolute atomic E-state index is 0.0570. The van der Waals surface area contributed by atoms with Gasteiger partial charge in [-0.2, -0.15) is 0 Å². The molecule has 3 heterocycles. The van der Waals surface area contributed by atoms with Crippen LogP contribution in [-0.2, 0) is 11.2 Å². The second-order valence-electron chi connectivity index (χ2n) is 7.89. The Bertz CT molecular complexity index is 778. The lowest BCUT2D eigenvalue weighted by Crippen LogP contribution is -2.61. The molecule has 4 rings (SSSR count). The number of likely N-dealkylation sites (tertiary alicyclic amines) is 2. The molecule has 0 radical (unpaired) electrons. The number of piperidine rings is 1. The number of hydrogen-bond donors (Lipinski definition) is 1. The van der Waals surface area contributed by atoms with Gasteiger partial charge in [-0.15, -0.1) is 0 Å². The monoisotopic (exact) mass is 394 g/mol. The zero-order chi connectivity index (χ0) is 20.1. The van der Waals surface area contributed by atoms with E-state index in [2.05, 4.69) is 33.4 Å². The van der Waals surface area contributed by atoms with E-state index < -0.39 is 0 Å². The molecule has 1 N–H and O–H groups in total. The molecule has 0 spiro atoms. The van der Waals surface area contributed by atoms with Crippen LogP contribution in [0.25, 0.3) is 0 Å². The Morgan fingerprint density at radius 2 is 1.97 bits per heavy atom. The van der Waals surface area contributed by atoms with Crippen molar-refractivity contribution < 1.29 is 9.53 Å². The Balaban J connectivity index is 1.25. The number of hydrogen-bond acceptors (Lipinski definition) is 4. The summed E-state index contributed by atoms with van der Waals surface area (Å²) < 4.78 is 5.67. The number of nitrogens with zero attached hydrogens (tertiary/aromatic N) is 3. The summed E-state index contributed by atoms with van der Waals surface area (Å²) in [6.45, 7) is 3.23. The fourth-order valence-corrected chi connectivity index (χ4v) is 4.50. The van der Waals surface area contributed by atoms with Crippen LogP contribution in [0.5, 0.6) is 0 Å². The van der Waals surface area contributed by atoms with Gasteiger partial charge in [-0.3, -0.25) is 9.88 Å². The number of pyridine rings is 1. The number of urea groups is 1. The van der Waals surface area contributed by atoms with Crippen LogP contribution in [0, 0.1) is 0 Å². The molecule has 0 bridgehead atoms. The van der Waals surface area contributed by atoms with Crippen molar-refractivity contribution in [2.45, 2.75) is 37.5 Å². The van der Waals surface area contributed by atoms with Crippen molar-refractivity contribution in [3.63, 3.8) is 0 Å². The third-order valence-corrected chi connectivity index (χ3v) is 6.18. The Morgan fingerprint density at radius 1 is 1.17 bits per heavy atom. The van der Waals surface area contributed by atoms with Crippen LogP contribution >= 0.6 is 0 Å². The molecule has 2 aliphatic rings. The summed E-state index contributed by atoms with van der Waals surface area (Å²) in [4.78, 5) is 21.3. The first-order chi connectivity index (χ1) is 14.3. The molecule has 1 aromatic heterocycles. The third-order valence-electron chi connectivity index (χ3n) is 6.18. The molecular weight excluding hydrogens is 364 g/mol. The highest BCUT2D eigenvalue weighted by Crippen LogP contribution is 2.39. The second kappa shape index (κ2) is 9.37. The van der Waals surface area contributed by atoms with Crippen molar-refractivity contribution in [3.8, 4) is 0 Å². The fourth-order valence-electron chi connectivity index (χ4n) is 4.50. The van der Waals surface area contributed by atoms with Gasteiger partial charge in [0, 0.05) is 51.7 Å². The van der Waals surface area contributed by atoms with Crippen LogP contribution in [0.1, 0.15) is 30.0 Å². The van der Waals surface area contributed by atoms with E-state index in [1.807, 2.05) is 41.6 Å². The summed E-state index contributed by atoms with van der Waals surface area (Å²) in [5, 5.41) is 3.07. The molecule has 6 heteroatoms. The summed E-state index contributed by atoms with van der Waals surface area (Å²) in [6.07, 6.45) is 6.83. The summed E-state index contributed by atoms with van der Waals surface area (Å²) in [7, 11) is 1.79. The van der Waals surface area contributed by atoms with Crippen molar-refractivity contribution >= 4 is 6.03 Å². The quantitative estimate of drug-likeness (QED) is 0.819. The van der Waals surface area contributed by atoms with Gasteiger partial charge in [0.05, 0.1) is 12.1 Å². The minimum Gasteiger partial charge on any atom is -0.378 e. The Kier molecular flexibility index (Phi) is 6.42. The van der Waals surface area contributed by atoms with Crippen LogP contribution in [0.2, 0.25) is 0 Å². The number of nitrogens with one attached hydrogen (secondary N) is 1. The summed E-state index contributed by atoms with van der Waals surface area (Å²) in [5.41, 5.74) is 2.46. The average Bonchev–Trinajstić information content (AvgIpc) is 2.75. The highest BCUT2D eigenvalue weighted by atomic mass is 16.5. The van der Waals surface area contributed by atoms with E-state index in [1.165, 1.54) is 11.1 Å². The molecule has 2 unspecified atom stereocenters. The number of methoxy groups -OCH3 is 1. The lowest BCUT2D eigenvalue weighted by atomic mass is 9.88. The van der Waals surface area contributed by atoms with Gasteiger partial charge in [0.15, 0.2) is 0 Å². The predicted molar refractivity (Wildman–Crippen MR) is 113 cm³/mol. The maximum Gasteiger partial charge on any atom is 0.317 e. The maximum absolute atomic E-state index is 12.5. The lowest BCUT2D eigenvalue weighted by Gasteiger charge is -2.52. The second-order valence-corrected chi connectivity index (χ2v) is 7.89. The normalized spacial score (nSPS) is 22.9. The minimum atomic E-state index is 0.0570. The van der Waals surface area contributed by atoms with Crippen molar-refractivity contribution in [1.29, 1.82) is 0 Å². The molecular formula is C23H30N4O2. The molecule has 2 fully saturated rings. The summed E-state index contributed by atoms with van der Waals surface area (Å²) in [5.74, 6) is 0. The Hall–Kier alpha value is -2.44. The van der Waals surface area contributed by atoms with E-state index >= 15 is 0 Å². The molecule has 2 amide bonds. The number of amides is 2. The Morgan fingerprint density at radius 3 is 2.66 bits per heavy atom. The lowest BCUT2D eigenvalue weighted by molar-refractivity contribution is -0.115. The Labute approximate surface area is 172 Å². The van der Waals surface area contributed by atoms with Crippen LogP contribution in [0.15, 0.2) is 54.9 Å². The number of rotatable bonds is 6. The summed E-state index contributed by atoms with van der Waals surface area (Å²) in [6, 6.07) is 15.2. The first kappa shape index (κ1) is 19.9. The highest BCUT2D eigenvalue weighted by Gasteiger charge is 2.44. The largest absolute Gasteiger partial charge is 0.378 e. The van der Waals surface area contributed by atoms with Gasteiger partial charge in [-0.05, 0) is 36.5 Å². The first-order valence-corrected chi connectivity index (χ1v) is 10.5. The van der Waals surface area contributed by atoms with Crippen molar-refractivity contribution in [1.82, 2.24) is 20.1 Å². The molecule has 0 saturated carbocycles. The standard InChI is InChI=1S/C23H30N4O2/c1-29-21-17-27(22(21)19-8-5-12-24-16-19)20-10-14-26(15-11-20)23(28)25-13-9-18-6-3-2-4-7-18/h2-8,12,16,20-22H,9-11,13-15,17H2,1H3,(H,25,28). The van der Waals surface area contributed by atoms with Gasteiger partial charge in [0.2, 0.25) is 0 Å². The number of carbonyl (C=O) groups excluding carboxylic acids is 1. The van der Waals surface area contributed by atoms with Crippen molar-refractivity contribution in [3.05, 3.63) is 66.0 Å². The van der Waals surface area contributed by atoms with E-state index in [1.54, 1.807) is 7.11 Å². The number of carbonyl (C=O) groups is 1. The van der Waals surface area contributed by atoms with Gasteiger partial charge in [-0.1, -0.05) is 36.4 Å². The van der Waals surface area contributed by atoms with Gasteiger partial charge >= 0.3 is 6.03 Å². The SMILES string of the molecule is COC1CN(C2CCN(C(=O)NCCc3ccccc3)CC2)C1c1cccnc1. The molecule has 2 saturated heterocycles. The summed E-state index contributed by atoms with van der Waals surface area (Å²) >= 11 is 0. The van der Waals surface area contributed by atoms with Gasteiger partial charge in [-0.25, -0.2) is 4.79 Å². The van der Waals surface area contributed by atoms with Crippen LogP contribution in [-0.4, -0.2) is 66.2 Å². The van der Waals surface area contributed by atoms with Crippen LogP contribution in [0.4, 0.5) is 4.79 Å². The van der Waals surface area contributed by atoms with Gasteiger partial charge < -0.3 is 15.0 Å². The number of benzene rings is 1. The molecule has 2 aliphatic heterocycles. The van der Waals surface area contributed by atoms with Gasteiger partial charge in [0.25, 0.3) is 0 Å². The van der Waals surface area contributed by atoms with Crippen LogP contribution in [0.3, 0.4) is 0 Å². The smallest absolute Gasteiger partial charge is 0.317 e. The highest BCUT2D eigenvalue weighted by molar-refractivity contribution is 5.74. The maximum atomic E-state index is 12.5. The average molecular weight is 395 g/mol. The van der Waals surface area contributed by atoms with E-state index in [4.69, 9.17) is 4.74 Å². The molecule has 154 valence electrons. The topological polar surface area (TPSA) is 57.7 Å². The van der Waals surface area contributed by atoms with E-state index in [9.17, 15) is 4.79 Å². The first-order valence-electron chi connectivity index (χ1n) is 10.5. The number of aromatic nitrogens is 1. The fraction of sp³-hybridized carbons (Fsp3) is 0.478. The molecule has 6 nitrogen and oxygen atoms in total. The van der Waals surface area contributed by atoms with E-state index in [-0.39, 0.29) is 18.2 Å². The van der Waals surface area contributed by atoms with E-state index in [0.29, 0.717) is 12.6 Å². The molecule has 29 heavy (non-hydrogen) atoms. The van der Waals surface area contributed by atoms with Crippen molar-refractivity contribution in [2.75, 3.05) is 33.3 Å². The zero-order valence-corrected chi connectivity index (χ0v) is 17.0. The third kappa shape index (κ3) is 4.60. The van der Waals surface area contributed by atoms with Gasteiger partial charge in [0.1, 0.15) is 0 Å². The molecule has 0 aliphatic carbocycles. The molecule has 2 atom stereocenters. The number of ether oxygens (including phenoxy) is 1. The molecule has 2 aromatic rings. The predicted octanol–water partition coefficient (Wildman–Crippen LogP) is 2.87. The van der Waals surface area contributed by atoms with E-state index in [0.717, 1.165) is 38.9 Å². The van der Waals surface area contributed by atoms with Crippen molar-refractivity contribution in [2.24, 2.45) is 0 Å².